The van der Waals surface area contributed by atoms with E-state index >= 15 is 0 Å². The van der Waals surface area contributed by atoms with Crippen LogP contribution in [0.15, 0.2) is 40.9 Å². The lowest BCUT2D eigenvalue weighted by molar-refractivity contribution is -0.226. The molecule has 5 heteroatoms. The normalized spacial score (nSPS) is 13.9. The molecule has 4 nitrogen and oxygen atoms in total. The minimum atomic E-state index is -2.07. The highest BCUT2D eigenvalue weighted by Gasteiger charge is 2.35. The van der Waals surface area contributed by atoms with Crippen LogP contribution in [-0.2, 0) is 15.3 Å². The third kappa shape index (κ3) is 3.15. The summed E-state index contributed by atoms with van der Waals surface area (Å²) in [6.07, 6.45) is 0. The van der Waals surface area contributed by atoms with Crippen LogP contribution in [0.5, 0.6) is 0 Å². The SMILES string of the molecule is C=C(C)C(=O)OC(O)(CO)c1ccccc1Br. The first-order valence-corrected chi connectivity index (χ1v) is 5.67. The van der Waals surface area contributed by atoms with Crippen molar-refractivity contribution in [3.05, 3.63) is 46.5 Å². The summed E-state index contributed by atoms with van der Waals surface area (Å²) in [5.74, 6) is -2.84. The number of aliphatic hydroxyl groups excluding tert-OH is 1. The van der Waals surface area contributed by atoms with Crippen LogP contribution < -0.4 is 0 Å². The van der Waals surface area contributed by atoms with Gasteiger partial charge in [0.2, 0.25) is 0 Å². The molecule has 1 aromatic carbocycles. The number of carbonyl (C=O) groups excluding carboxylic acids is 1. The Morgan fingerprint density at radius 3 is 2.59 bits per heavy atom. The maximum Gasteiger partial charge on any atom is 0.335 e. The van der Waals surface area contributed by atoms with E-state index in [1.165, 1.54) is 6.92 Å². The van der Waals surface area contributed by atoms with Crippen molar-refractivity contribution in [3.8, 4) is 0 Å². The van der Waals surface area contributed by atoms with Crippen LogP contribution in [0, 0.1) is 0 Å². The minimum absolute atomic E-state index is 0.143. The Kier molecular flexibility index (Phi) is 4.45. The molecule has 0 aliphatic rings. The fraction of sp³-hybridized carbons (Fsp3) is 0.250. The molecule has 0 fully saturated rings. The largest absolute Gasteiger partial charge is 0.423 e. The summed E-state index contributed by atoms with van der Waals surface area (Å²) in [7, 11) is 0. The average Bonchev–Trinajstić information content (AvgIpc) is 2.29. The molecule has 0 amide bonds. The molecule has 0 saturated carbocycles. The summed E-state index contributed by atoms with van der Waals surface area (Å²) in [6.45, 7) is 4.13. The number of rotatable bonds is 4. The third-order valence-electron chi connectivity index (χ3n) is 2.12. The highest BCUT2D eigenvalue weighted by atomic mass is 79.9. The van der Waals surface area contributed by atoms with Crippen LogP contribution in [0.3, 0.4) is 0 Å². The van der Waals surface area contributed by atoms with Gasteiger partial charge in [-0.15, -0.1) is 0 Å². The summed E-state index contributed by atoms with van der Waals surface area (Å²) in [5.41, 5.74) is 0.418. The van der Waals surface area contributed by atoms with E-state index in [1.54, 1.807) is 24.3 Å². The average molecular weight is 301 g/mol. The van der Waals surface area contributed by atoms with Gasteiger partial charge in [-0.2, -0.15) is 0 Å². The van der Waals surface area contributed by atoms with Gasteiger partial charge in [0.1, 0.15) is 6.61 Å². The Morgan fingerprint density at radius 1 is 1.53 bits per heavy atom. The summed E-state index contributed by atoms with van der Waals surface area (Å²) in [4.78, 5) is 11.4. The number of benzene rings is 1. The maximum absolute atomic E-state index is 11.4. The number of halogens is 1. The monoisotopic (exact) mass is 300 g/mol. The molecule has 0 aliphatic carbocycles. The molecule has 1 rings (SSSR count). The van der Waals surface area contributed by atoms with Crippen LogP contribution in [0.2, 0.25) is 0 Å². The number of esters is 1. The van der Waals surface area contributed by atoms with Crippen LogP contribution in [0.1, 0.15) is 12.5 Å². The second-order valence-corrected chi connectivity index (χ2v) is 4.45. The topological polar surface area (TPSA) is 66.8 Å². The molecule has 0 bridgehead atoms. The number of carbonyl (C=O) groups is 1. The zero-order valence-electron chi connectivity index (χ0n) is 9.31. The van der Waals surface area contributed by atoms with E-state index in [0.717, 1.165) is 0 Å². The summed E-state index contributed by atoms with van der Waals surface area (Å²) in [6, 6.07) is 6.62. The molecule has 0 aliphatic heterocycles. The molecule has 0 saturated heterocycles. The van der Waals surface area contributed by atoms with E-state index in [0.29, 0.717) is 4.47 Å². The lowest BCUT2D eigenvalue weighted by Crippen LogP contribution is -2.36. The predicted molar refractivity (Wildman–Crippen MR) is 66.0 cm³/mol. The van der Waals surface area contributed by atoms with Gasteiger partial charge in [0.15, 0.2) is 0 Å². The number of ether oxygens (including phenoxy) is 1. The molecule has 17 heavy (non-hydrogen) atoms. The van der Waals surface area contributed by atoms with Crippen LogP contribution >= 0.6 is 15.9 Å². The third-order valence-corrected chi connectivity index (χ3v) is 2.81. The Morgan fingerprint density at radius 2 is 2.12 bits per heavy atom. The smallest absolute Gasteiger partial charge is 0.335 e. The van der Waals surface area contributed by atoms with Gasteiger partial charge in [-0.05, 0) is 13.0 Å². The molecule has 0 spiro atoms. The van der Waals surface area contributed by atoms with E-state index in [9.17, 15) is 15.0 Å². The van der Waals surface area contributed by atoms with Crippen molar-refractivity contribution in [1.29, 1.82) is 0 Å². The Bertz CT molecular complexity index is 444. The fourth-order valence-electron chi connectivity index (χ4n) is 1.19. The van der Waals surface area contributed by atoms with Crippen molar-refractivity contribution in [3.63, 3.8) is 0 Å². The molecular weight excluding hydrogens is 288 g/mol. The molecule has 1 aromatic rings. The van der Waals surface area contributed by atoms with Crippen molar-refractivity contribution >= 4 is 21.9 Å². The predicted octanol–water partition coefficient (Wildman–Crippen LogP) is 1.71. The van der Waals surface area contributed by atoms with E-state index in [2.05, 4.69) is 22.5 Å². The summed E-state index contributed by atoms with van der Waals surface area (Å²) in [5, 5.41) is 19.3. The van der Waals surface area contributed by atoms with Gasteiger partial charge in [-0.1, -0.05) is 40.7 Å². The standard InChI is InChI=1S/C12H13BrO4/c1-8(2)11(15)17-12(16,7-14)9-5-3-4-6-10(9)13/h3-6,14,16H,1,7H2,2H3. The Labute approximate surface area is 108 Å². The first-order valence-electron chi connectivity index (χ1n) is 4.88. The van der Waals surface area contributed by atoms with Gasteiger partial charge in [0.05, 0.1) is 0 Å². The Balaban J connectivity index is 3.08. The lowest BCUT2D eigenvalue weighted by Gasteiger charge is -2.27. The van der Waals surface area contributed by atoms with Gasteiger partial charge in [0, 0.05) is 15.6 Å². The van der Waals surface area contributed by atoms with E-state index in [1.807, 2.05) is 0 Å². The zero-order chi connectivity index (χ0) is 13.1. The van der Waals surface area contributed by atoms with Crippen molar-refractivity contribution in [2.75, 3.05) is 6.61 Å². The second kappa shape index (κ2) is 5.44. The molecule has 0 aromatic heterocycles. The minimum Gasteiger partial charge on any atom is -0.423 e. The van der Waals surface area contributed by atoms with Gasteiger partial charge in [-0.25, -0.2) is 4.79 Å². The molecule has 1 atom stereocenters. The van der Waals surface area contributed by atoms with Gasteiger partial charge in [-0.3, -0.25) is 0 Å². The molecule has 0 heterocycles. The molecule has 0 radical (unpaired) electrons. The van der Waals surface area contributed by atoms with E-state index in [4.69, 9.17) is 4.74 Å². The summed E-state index contributed by atoms with van der Waals surface area (Å²) < 4.78 is 5.39. The number of aliphatic hydroxyl groups is 2. The van der Waals surface area contributed by atoms with E-state index in [-0.39, 0.29) is 11.1 Å². The lowest BCUT2D eigenvalue weighted by atomic mass is 10.1. The van der Waals surface area contributed by atoms with Gasteiger partial charge < -0.3 is 14.9 Å². The molecule has 2 N–H and O–H groups in total. The quantitative estimate of drug-likeness (QED) is 0.505. The first kappa shape index (κ1) is 13.9. The van der Waals surface area contributed by atoms with Crippen molar-refractivity contribution < 1.29 is 19.7 Å². The number of hydrogen-bond acceptors (Lipinski definition) is 4. The second-order valence-electron chi connectivity index (χ2n) is 3.59. The van der Waals surface area contributed by atoms with Crippen molar-refractivity contribution in [2.24, 2.45) is 0 Å². The maximum atomic E-state index is 11.4. The molecular formula is C12H13BrO4. The molecule has 1 unspecified atom stereocenters. The molecule has 92 valence electrons. The summed E-state index contributed by atoms with van der Waals surface area (Å²) >= 11 is 3.22. The highest BCUT2D eigenvalue weighted by molar-refractivity contribution is 9.10. The fourth-order valence-corrected chi connectivity index (χ4v) is 1.79. The zero-order valence-corrected chi connectivity index (χ0v) is 10.9. The first-order chi connectivity index (χ1) is 7.90. The van der Waals surface area contributed by atoms with E-state index < -0.39 is 18.4 Å². The van der Waals surface area contributed by atoms with Crippen molar-refractivity contribution in [1.82, 2.24) is 0 Å². The number of hydrogen-bond donors (Lipinski definition) is 2. The van der Waals surface area contributed by atoms with Crippen LogP contribution in [-0.4, -0.2) is 22.8 Å². The Hall–Kier alpha value is -1.17. The van der Waals surface area contributed by atoms with Crippen LogP contribution in [0.4, 0.5) is 0 Å². The van der Waals surface area contributed by atoms with Gasteiger partial charge >= 0.3 is 5.97 Å². The van der Waals surface area contributed by atoms with Gasteiger partial charge in [0.25, 0.3) is 5.79 Å². The van der Waals surface area contributed by atoms with Crippen LogP contribution in [0.25, 0.3) is 0 Å². The van der Waals surface area contributed by atoms with Crippen molar-refractivity contribution in [2.45, 2.75) is 12.7 Å². The highest BCUT2D eigenvalue weighted by Crippen LogP contribution is 2.29.